The minimum Gasteiger partial charge on any atom is -0.379 e. The van der Waals surface area contributed by atoms with Crippen LogP contribution in [0.3, 0.4) is 0 Å². The van der Waals surface area contributed by atoms with Crippen molar-refractivity contribution in [3.05, 3.63) is 46.5 Å². The molecule has 1 atom stereocenters. The molecule has 0 radical (unpaired) electrons. The summed E-state index contributed by atoms with van der Waals surface area (Å²) in [6.45, 7) is 5.45. The van der Waals surface area contributed by atoms with E-state index in [0.29, 0.717) is 31.1 Å². The predicted octanol–water partition coefficient (Wildman–Crippen LogP) is 3.96. The van der Waals surface area contributed by atoms with Gasteiger partial charge in [-0.2, -0.15) is 13.2 Å². The minimum atomic E-state index is -4.35. The van der Waals surface area contributed by atoms with E-state index in [-0.39, 0.29) is 11.2 Å². The highest BCUT2D eigenvalue weighted by Gasteiger charge is 2.33. The molecule has 1 N–H and O–H groups in total. The van der Waals surface area contributed by atoms with Crippen molar-refractivity contribution >= 4 is 16.5 Å². The summed E-state index contributed by atoms with van der Waals surface area (Å²) < 4.78 is 43.6. The highest BCUT2D eigenvalue weighted by atomic mass is 32.1. The molecule has 1 fully saturated rings. The third kappa shape index (κ3) is 4.71. The Morgan fingerprint density at radius 3 is 2.52 bits per heavy atom. The van der Waals surface area contributed by atoms with Crippen LogP contribution >= 0.6 is 11.3 Å². The molecule has 0 spiro atoms. The van der Waals surface area contributed by atoms with Crippen LogP contribution in [-0.2, 0) is 10.9 Å². The quantitative estimate of drug-likeness (QED) is 0.863. The number of halogens is 3. The molecule has 1 saturated heterocycles. The molecule has 1 unspecified atom stereocenters. The fraction of sp³-hybridized carbons (Fsp3) is 0.471. The molecule has 1 aliphatic heterocycles. The molecular formula is C17H20F3N3OS. The van der Waals surface area contributed by atoms with Gasteiger partial charge in [0.2, 0.25) is 0 Å². The van der Waals surface area contributed by atoms with Crippen molar-refractivity contribution in [3.63, 3.8) is 0 Å². The van der Waals surface area contributed by atoms with Gasteiger partial charge in [-0.3, -0.25) is 4.90 Å². The molecule has 0 aliphatic carbocycles. The van der Waals surface area contributed by atoms with Gasteiger partial charge in [-0.1, -0.05) is 41.2 Å². The van der Waals surface area contributed by atoms with E-state index < -0.39 is 11.1 Å². The van der Waals surface area contributed by atoms with Crippen molar-refractivity contribution < 1.29 is 17.9 Å². The van der Waals surface area contributed by atoms with E-state index in [0.717, 1.165) is 24.8 Å². The van der Waals surface area contributed by atoms with Gasteiger partial charge in [0.05, 0.1) is 25.5 Å². The summed E-state index contributed by atoms with van der Waals surface area (Å²) in [5.41, 5.74) is 2.31. The average Bonchev–Trinajstić information content (AvgIpc) is 3.07. The normalized spacial score (nSPS) is 17.4. The Kier molecular flexibility index (Phi) is 5.61. The van der Waals surface area contributed by atoms with E-state index in [2.05, 4.69) is 27.3 Å². The van der Waals surface area contributed by atoms with Crippen LogP contribution in [0.25, 0.3) is 0 Å². The third-order valence-electron chi connectivity index (χ3n) is 4.18. The van der Waals surface area contributed by atoms with Gasteiger partial charge in [-0.05, 0) is 12.5 Å². The summed E-state index contributed by atoms with van der Waals surface area (Å²) in [6, 6.07) is 8.30. The number of aryl methyl sites for hydroxylation is 1. The number of nitrogens with one attached hydrogen (secondary N) is 1. The number of nitrogens with zero attached hydrogens (tertiary/aromatic N) is 2. The highest BCUT2D eigenvalue weighted by Crippen LogP contribution is 2.35. The van der Waals surface area contributed by atoms with Crippen molar-refractivity contribution in [2.24, 2.45) is 0 Å². The highest BCUT2D eigenvalue weighted by molar-refractivity contribution is 7.15. The van der Waals surface area contributed by atoms with Gasteiger partial charge < -0.3 is 10.1 Å². The maximum atomic E-state index is 12.7. The van der Waals surface area contributed by atoms with E-state index in [1.165, 1.54) is 5.56 Å². The molecule has 3 rings (SSSR count). The number of aromatic nitrogens is 1. The summed E-state index contributed by atoms with van der Waals surface area (Å²) in [4.78, 5) is 5.46. The minimum absolute atomic E-state index is 0.0581. The Labute approximate surface area is 148 Å². The topological polar surface area (TPSA) is 37.4 Å². The molecule has 136 valence electrons. The Morgan fingerprint density at radius 2 is 1.92 bits per heavy atom. The summed E-state index contributed by atoms with van der Waals surface area (Å²) in [6.07, 6.45) is -3.47. The van der Waals surface area contributed by atoms with Crippen LogP contribution in [-0.4, -0.2) is 42.7 Å². The smallest absolute Gasteiger partial charge is 0.379 e. The molecule has 0 bridgehead atoms. The second kappa shape index (κ2) is 7.72. The summed E-state index contributed by atoms with van der Waals surface area (Å²) in [7, 11) is 0. The van der Waals surface area contributed by atoms with E-state index in [9.17, 15) is 13.2 Å². The zero-order chi connectivity index (χ0) is 17.9. The van der Waals surface area contributed by atoms with E-state index in [4.69, 9.17) is 4.74 Å². The van der Waals surface area contributed by atoms with Crippen molar-refractivity contribution in [1.29, 1.82) is 0 Å². The lowest BCUT2D eigenvalue weighted by atomic mass is 10.0. The lowest BCUT2D eigenvalue weighted by molar-refractivity contribution is -0.134. The molecule has 0 amide bonds. The average molecular weight is 371 g/mol. The number of alkyl halides is 3. The first kappa shape index (κ1) is 18.2. The van der Waals surface area contributed by atoms with Gasteiger partial charge >= 0.3 is 6.18 Å². The largest absolute Gasteiger partial charge is 0.427 e. The molecular weight excluding hydrogens is 351 g/mol. The molecule has 2 heterocycles. The lowest BCUT2D eigenvalue weighted by Crippen LogP contribution is -2.41. The summed E-state index contributed by atoms with van der Waals surface area (Å²) in [5, 5.41) is 3.36. The summed E-state index contributed by atoms with van der Waals surface area (Å²) in [5.74, 6) is 0. The second-order valence-electron chi connectivity index (χ2n) is 5.98. The van der Waals surface area contributed by atoms with E-state index >= 15 is 0 Å². The first-order valence-electron chi connectivity index (χ1n) is 8.09. The maximum absolute atomic E-state index is 12.7. The van der Waals surface area contributed by atoms with Gasteiger partial charge in [0.1, 0.15) is 4.88 Å². The predicted molar refractivity (Wildman–Crippen MR) is 91.9 cm³/mol. The number of benzene rings is 1. The first-order chi connectivity index (χ1) is 11.9. The summed E-state index contributed by atoms with van der Waals surface area (Å²) >= 11 is 0.636. The van der Waals surface area contributed by atoms with E-state index in [1.807, 2.05) is 19.1 Å². The molecule has 1 aromatic carbocycles. The molecule has 0 saturated carbocycles. The van der Waals surface area contributed by atoms with Crippen LogP contribution in [0.2, 0.25) is 0 Å². The van der Waals surface area contributed by atoms with Gasteiger partial charge in [0.15, 0.2) is 5.13 Å². The first-order valence-corrected chi connectivity index (χ1v) is 8.90. The van der Waals surface area contributed by atoms with Crippen molar-refractivity contribution in [1.82, 2.24) is 9.88 Å². The van der Waals surface area contributed by atoms with Gasteiger partial charge in [-0.25, -0.2) is 4.98 Å². The number of anilines is 1. The molecule has 1 aromatic heterocycles. The Hall–Kier alpha value is -1.64. The van der Waals surface area contributed by atoms with Gasteiger partial charge in [0.25, 0.3) is 0 Å². The maximum Gasteiger partial charge on any atom is 0.427 e. The fourth-order valence-corrected chi connectivity index (χ4v) is 3.50. The number of thiazole rings is 1. The van der Waals surface area contributed by atoms with E-state index in [1.54, 1.807) is 0 Å². The van der Waals surface area contributed by atoms with Crippen LogP contribution in [0.5, 0.6) is 0 Å². The van der Waals surface area contributed by atoms with Crippen molar-refractivity contribution in [2.75, 3.05) is 38.2 Å². The second-order valence-corrected chi connectivity index (χ2v) is 7.01. The van der Waals surface area contributed by atoms with Crippen molar-refractivity contribution in [2.45, 2.75) is 19.1 Å². The van der Waals surface area contributed by atoms with Crippen LogP contribution < -0.4 is 5.32 Å². The van der Waals surface area contributed by atoms with Crippen LogP contribution in [0.4, 0.5) is 18.3 Å². The molecule has 1 aliphatic rings. The Morgan fingerprint density at radius 1 is 1.24 bits per heavy atom. The Bertz CT molecular complexity index is 681. The standard InChI is InChI=1S/C17H20F3N3OS/c1-12-2-4-13(5-3-12)14(23-6-8-24-9-7-23)10-21-16-22-11-15(25-16)17(18,19)20/h2-5,11,14H,6-10H2,1H3,(H,21,22). The van der Waals surface area contributed by atoms with Crippen LogP contribution in [0, 0.1) is 6.92 Å². The van der Waals surface area contributed by atoms with Crippen LogP contribution in [0.15, 0.2) is 30.5 Å². The number of hydrogen-bond donors (Lipinski definition) is 1. The van der Waals surface area contributed by atoms with Gasteiger partial charge in [-0.15, -0.1) is 0 Å². The van der Waals surface area contributed by atoms with Crippen molar-refractivity contribution in [3.8, 4) is 0 Å². The third-order valence-corrected chi connectivity index (χ3v) is 5.18. The molecule has 25 heavy (non-hydrogen) atoms. The van der Waals surface area contributed by atoms with Gasteiger partial charge in [0, 0.05) is 19.6 Å². The Balaban J connectivity index is 1.73. The number of hydrogen-bond acceptors (Lipinski definition) is 5. The number of rotatable bonds is 5. The van der Waals surface area contributed by atoms with Crippen LogP contribution in [0.1, 0.15) is 22.0 Å². The lowest BCUT2D eigenvalue weighted by Gasteiger charge is -2.35. The SMILES string of the molecule is Cc1ccc(C(CNc2ncc(C(F)(F)F)s2)N2CCOCC2)cc1. The molecule has 2 aromatic rings. The zero-order valence-corrected chi connectivity index (χ0v) is 14.7. The number of ether oxygens (including phenoxy) is 1. The zero-order valence-electron chi connectivity index (χ0n) is 13.8. The molecule has 8 heteroatoms. The monoisotopic (exact) mass is 371 g/mol. The number of morpholine rings is 1. The molecule has 4 nitrogen and oxygen atoms in total. The fourth-order valence-electron chi connectivity index (χ4n) is 2.81.